The van der Waals surface area contributed by atoms with E-state index in [4.69, 9.17) is 16.6 Å². The van der Waals surface area contributed by atoms with E-state index in [2.05, 4.69) is 47.5 Å². The van der Waals surface area contributed by atoms with Crippen molar-refractivity contribution < 1.29 is 68.1 Å². The number of aromatic amines is 1. The van der Waals surface area contributed by atoms with E-state index in [0.717, 1.165) is 23.4 Å². The summed E-state index contributed by atoms with van der Waals surface area (Å²) in [5, 5.41) is 46.3. The number of nitrogens with two attached hydrogens (primary N) is 2. The van der Waals surface area contributed by atoms with E-state index in [1.807, 2.05) is 24.3 Å². The SMILES string of the molecule is CC(NC(=O)CNC(=O)C(C)NC(=O)C(N)Cc1c[nH]c2ccccc12)C(=O)NC(CC(=O)O)C(=O)NC(C)C(=O)NC(CO)C(=O)NCC(=O)NC(CCC(=O)O)C(N)=O. The second kappa shape index (κ2) is 24.1. The molecule has 25 heteroatoms. The maximum atomic E-state index is 13.0. The van der Waals surface area contributed by atoms with Crippen LogP contribution in [0.25, 0.3) is 10.9 Å². The smallest absolute Gasteiger partial charge is 0.305 e. The molecule has 25 nitrogen and oxygen atoms in total. The summed E-state index contributed by atoms with van der Waals surface area (Å²) in [6.07, 6.45) is 0.113. The molecular weight excluding hydrogens is 810 g/mol. The Bertz CT molecular complexity index is 1970. The normalized spacial score (nSPS) is 14.2. The molecule has 1 aromatic carbocycles. The fourth-order valence-corrected chi connectivity index (χ4v) is 5.33. The van der Waals surface area contributed by atoms with Crippen molar-refractivity contribution in [1.29, 1.82) is 0 Å². The number of carbonyl (C=O) groups is 11. The van der Waals surface area contributed by atoms with Crippen LogP contribution in [0, 0.1) is 0 Å². The fraction of sp³-hybridized carbons (Fsp3) is 0.472. The number of hydrogen-bond donors (Lipinski definition) is 14. The maximum absolute atomic E-state index is 13.0. The largest absolute Gasteiger partial charge is 0.481 e. The lowest BCUT2D eigenvalue weighted by Gasteiger charge is -2.23. The molecule has 2 aromatic rings. The lowest BCUT2D eigenvalue weighted by Crippen LogP contribution is -2.58. The van der Waals surface area contributed by atoms with Crippen LogP contribution in [0.3, 0.4) is 0 Å². The van der Waals surface area contributed by atoms with Crippen LogP contribution in [-0.2, 0) is 59.2 Å². The first kappa shape index (κ1) is 50.0. The van der Waals surface area contributed by atoms with Crippen LogP contribution in [-0.4, -0.2) is 147 Å². The van der Waals surface area contributed by atoms with Gasteiger partial charge in [0, 0.05) is 23.5 Å². The molecule has 0 fully saturated rings. The van der Waals surface area contributed by atoms with Gasteiger partial charge in [0.05, 0.1) is 32.2 Å². The molecule has 0 saturated carbocycles. The Hall–Kier alpha value is -7.15. The topological polar surface area (TPSA) is 413 Å². The molecule has 0 aliphatic rings. The van der Waals surface area contributed by atoms with Gasteiger partial charge in [-0.15, -0.1) is 0 Å². The van der Waals surface area contributed by atoms with Crippen LogP contribution in [0.1, 0.15) is 45.6 Å². The van der Waals surface area contributed by atoms with Gasteiger partial charge in [-0.1, -0.05) is 18.2 Å². The minimum atomic E-state index is -1.79. The summed E-state index contributed by atoms with van der Waals surface area (Å²) in [7, 11) is 0. The Morgan fingerprint density at radius 1 is 0.639 bits per heavy atom. The molecule has 0 saturated heterocycles. The standard InChI is InChI=1S/C36H51N11O14/c1-16(43-34(59)21(37)10-19-12-39-22-7-5-4-6-20(19)22)31(56)40-13-26(49)42-17(2)32(57)46-24(11-29(53)54)36(61)44-18(3)33(58)47-25(15-48)35(60)41-14-27(50)45-23(30(38)55)8-9-28(51)52/h4-7,12,16-18,21,23-25,39,48H,8-11,13-15,37H2,1-3H3,(H2,38,55)(H,40,56)(H,41,60)(H,42,49)(H,43,59)(H,44,61)(H,45,50)(H,46,57)(H,47,58)(H,51,52)(H,53,54). The van der Waals surface area contributed by atoms with Crippen molar-refractivity contribution in [3.63, 3.8) is 0 Å². The van der Waals surface area contributed by atoms with Crippen LogP contribution >= 0.6 is 0 Å². The number of benzene rings is 1. The highest BCUT2D eigenvalue weighted by molar-refractivity contribution is 5.98. The average molecular weight is 862 g/mol. The van der Waals surface area contributed by atoms with Gasteiger partial charge in [-0.25, -0.2) is 0 Å². The van der Waals surface area contributed by atoms with Gasteiger partial charge in [-0.3, -0.25) is 52.7 Å². The summed E-state index contributed by atoms with van der Waals surface area (Å²) in [6.45, 7) is 1.26. The Morgan fingerprint density at radius 2 is 1.18 bits per heavy atom. The highest BCUT2D eigenvalue weighted by Gasteiger charge is 2.31. The maximum Gasteiger partial charge on any atom is 0.305 e. The number of H-pyrrole nitrogens is 1. The van der Waals surface area contributed by atoms with Crippen LogP contribution in [0.5, 0.6) is 0 Å². The molecule has 7 unspecified atom stereocenters. The number of primary amides is 1. The van der Waals surface area contributed by atoms with Crippen LogP contribution in [0.2, 0.25) is 0 Å². The van der Waals surface area contributed by atoms with Crippen molar-refractivity contribution in [3.8, 4) is 0 Å². The number of carbonyl (C=O) groups excluding carboxylic acids is 9. The zero-order chi connectivity index (χ0) is 46.0. The molecule has 334 valence electrons. The van der Waals surface area contributed by atoms with Gasteiger partial charge in [0.2, 0.25) is 53.2 Å². The van der Waals surface area contributed by atoms with Gasteiger partial charge in [0.1, 0.15) is 36.3 Å². The Labute approximate surface area is 347 Å². The molecule has 7 atom stereocenters. The van der Waals surface area contributed by atoms with Crippen LogP contribution < -0.4 is 54.0 Å². The first-order valence-corrected chi connectivity index (χ1v) is 18.6. The van der Waals surface area contributed by atoms with Gasteiger partial charge < -0.3 is 74.3 Å². The lowest BCUT2D eigenvalue weighted by molar-refractivity contribution is -0.141. The van der Waals surface area contributed by atoms with Gasteiger partial charge in [0.25, 0.3) is 0 Å². The third-order valence-corrected chi connectivity index (χ3v) is 8.73. The molecule has 9 amide bonds. The highest BCUT2D eigenvalue weighted by Crippen LogP contribution is 2.18. The predicted molar refractivity (Wildman–Crippen MR) is 210 cm³/mol. The summed E-state index contributed by atoms with van der Waals surface area (Å²) in [4.78, 5) is 138. The molecule has 0 aliphatic carbocycles. The minimum absolute atomic E-state index is 0.177. The Morgan fingerprint density at radius 3 is 1.77 bits per heavy atom. The van der Waals surface area contributed by atoms with Gasteiger partial charge in [0.15, 0.2) is 0 Å². The zero-order valence-corrected chi connectivity index (χ0v) is 33.4. The average Bonchev–Trinajstić information content (AvgIpc) is 3.60. The number of aliphatic hydroxyl groups excluding tert-OH is 1. The molecule has 16 N–H and O–H groups in total. The number of carboxylic acids is 2. The second-order valence-electron chi connectivity index (χ2n) is 13.7. The lowest BCUT2D eigenvalue weighted by atomic mass is 10.0. The van der Waals surface area contributed by atoms with Crippen molar-refractivity contribution in [2.24, 2.45) is 11.5 Å². The number of nitrogens with one attached hydrogen (secondary N) is 9. The van der Waals surface area contributed by atoms with Crippen LogP contribution in [0.15, 0.2) is 30.5 Å². The molecule has 0 aliphatic heterocycles. The van der Waals surface area contributed by atoms with Crippen molar-refractivity contribution in [1.82, 2.24) is 47.5 Å². The summed E-state index contributed by atoms with van der Waals surface area (Å²) in [5.74, 6) is -11.4. The molecule has 1 heterocycles. The third-order valence-electron chi connectivity index (χ3n) is 8.73. The van der Waals surface area contributed by atoms with Crippen molar-refractivity contribution in [2.45, 2.75) is 88.7 Å². The molecule has 0 spiro atoms. The molecule has 0 bridgehead atoms. The van der Waals surface area contributed by atoms with E-state index in [1.54, 1.807) is 6.20 Å². The number of para-hydroxylation sites is 1. The van der Waals surface area contributed by atoms with Gasteiger partial charge in [-0.05, 0) is 45.2 Å². The molecule has 0 radical (unpaired) electrons. The first-order chi connectivity index (χ1) is 28.6. The number of hydrogen-bond acceptors (Lipinski definition) is 13. The van der Waals surface area contributed by atoms with E-state index in [1.165, 1.54) is 13.8 Å². The van der Waals surface area contributed by atoms with Crippen molar-refractivity contribution >= 4 is 76.0 Å². The van der Waals surface area contributed by atoms with Crippen LogP contribution in [0.4, 0.5) is 0 Å². The van der Waals surface area contributed by atoms with E-state index in [-0.39, 0.29) is 12.8 Å². The number of aromatic nitrogens is 1. The number of aliphatic hydroxyl groups is 1. The summed E-state index contributed by atoms with van der Waals surface area (Å²) in [5.41, 5.74) is 12.9. The molecular formula is C36H51N11O14. The Kier molecular flexibility index (Phi) is 19.7. The second-order valence-corrected chi connectivity index (χ2v) is 13.7. The monoisotopic (exact) mass is 861 g/mol. The first-order valence-electron chi connectivity index (χ1n) is 18.6. The number of fused-ring (bicyclic) bond motifs is 1. The van der Waals surface area contributed by atoms with E-state index in [9.17, 15) is 63.0 Å². The van der Waals surface area contributed by atoms with Gasteiger partial charge in [-0.2, -0.15) is 0 Å². The summed E-state index contributed by atoms with van der Waals surface area (Å²) in [6, 6.07) is -2.39. The number of rotatable bonds is 25. The summed E-state index contributed by atoms with van der Waals surface area (Å²) < 4.78 is 0. The highest BCUT2D eigenvalue weighted by atomic mass is 16.4. The molecule has 2 rings (SSSR count). The molecule has 1 aromatic heterocycles. The Balaban J connectivity index is 1.85. The minimum Gasteiger partial charge on any atom is -0.481 e. The number of carboxylic acid groups (broad SMARTS) is 2. The van der Waals surface area contributed by atoms with E-state index in [0.29, 0.717) is 0 Å². The predicted octanol–water partition coefficient (Wildman–Crippen LogP) is -5.94. The fourth-order valence-electron chi connectivity index (χ4n) is 5.33. The third kappa shape index (κ3) is 16.9. The molecule has 61 heavy (non-hydrogen) atoms. The van der Waals surface area contributed by atoms with E-state index >= 15 is 0 Å². The van der Waals surface area contributed by atoms with Crippen molar-refractivity contribution in [3.05, 3.63) is 36.0 Å². The van der Waals surface area contributed by atoms with Crippen molar-refractivity contribution in [2.75, 3.05) is 19.7 Å². The number of amides is 9. The quantitative estimate of drug-likeness (QED) is 0.0442. The van der Waals surface area contributed by atoms with E-state index < -0.39 is 140 Å². The summed E-state index contributed by atoms with van der Waals surface area (Å²) >= 11 is 0. The van der Waals surface area contributed by atoms with Gasteiger partial charge >= 0.3 is 11.9 Å². The number of aliphatic carboxylic acids is 2. The zero-order valence-electron chi connectivity index (χ0n) is 33.4.